The zero-order chi connectivity index (χ0) is 16.4. The van der Waals surface area contributed by atoms with E-state index in [2.05, 4.69) is 29.2 Å². The van der Waals surface area contributed by atoms with Gasteiger partial charge in [-0.25, -0.2) is 4.98 Å². The number of rotatable bonds is 3. The number of hydrogen-bond acceptors (Lipinski definition) is 2. The molecule has 0 bridgehead atoms. The fourth-order valence-corrected chi connectivity index (χ4v) is 3.62. The minimum atomic E-state index is -0.0638. The van der Waals surface area contributed by atoms with Crippen LogP contribution >= 0.6 is 0 Å². The highest BCUT2D eigenvalue weighted by molar-refractivity contribution is 5.62. The van der Waals surface area contributed by atoms with Crippen molar-refractivity contribution in [2.45, 2.75) is 31.6 Å². The van der Waals surface area contributed by atoms with E-state index in [0.29, 0.717) is 11.7 Å². The average molecular weight is 316 g/mol. The van der Waals surface area contributed by atoms with E-state index in [1.165, 1.54) is 31.2 Å². The molecule has 1 aliphatic rings. The van der Waals surface area contributed by atoms with Crippen molar-refractivity contribution in [1.29, 1.82) is 0 Å². The summed E-state index contributed by atoms with van der Waals surface area (Å²) in [5.74, 6) is 1.35. The molecule has 0 atom stereocenters. The molecule has 4 rings (SSSR count). The van der Waals surface area contributed by atoms with Crippen LogP contribution < -0.4 is 5.56 Å². The van der Waals surface area contributed by atoms with Crippen LogP contribution in [-0.2, 0) is 0 Å². The van der Waals surface area contributed by atoms with Crippen molar-refractivity contribution in [2.24, 2.45) is 0 Å². The van der Waals surface area contributed by atoms with Crippen LogP contribution in [-0.4, -0.2) is 9.55 Å². The number of nitrogens with zero attached hydrogens (tertiary/aromatic N) is 2. The van der Waals surface area contributed by atoms with Gasteiger partial charge in [0.1, 0.15) is 5.82 Å². The van der Waals surface area contributed by atoms with E-state index in [1.54, 1.807) is 16.8 Å². The molecule has 0 amide bonds. The summed E-state index contributed by atoms with van der Waals surface area (Å²) in [6.45, 7) is 0. The molecule has 1 aliphatic carbocycles. The minimum Gasteiger partial charge on any atom is -0.269 e. The minimum absolute atomic E-state index is 0.0638. The molecule has 0 unspecified atom stereocenters. The first-order valence-corrected chi connectivity index (χ1v) is 8.57. The molecule has 0 aliphatic heterocycles. The standard InChI is InChI=1S/C21H20N2O/c24-21-10-5-8-19(23(21)20-9-3-4-15-22-20)18-13-11-17(12-14-18)16-6-1-2-7-16/h3-5,8-16H,1-2,6-7H2. The molecule has 0 radical (unpaired) electrons. The van der Waals surface area contributed by atoms with Gasteiger partial charge in [-0.3, -0.25) is 9.36 Å². The monoisotopic (exact) mass is 316 g/mol. The Balaban J connectivity index is 1.77. The predicted octanol–water partition coefficient (Wildman–Crippen LogP) is 4.56. The molecule has 2 aromatic heterocycles. The largest absolute Gasteiger partial charge is 0.269 e. The Morgan fingerprint density at radius 2 is 1.67 bits per heavy atom. The molecule has 24 heavy (non-hydrogen) atoms. The Bertz CT molecular complexity index is 876. The normalized spacial score (nSPS) is 14.8. The van der Waals surface area contributed by atoms with Gasteiger partial charge in [-0.2, -0.15) is 0 Å². The first kappa shape index (κ1) is 14.9. The summed E-state index contributed by atoms with van der Waals surface area (Å²) in [5, 5.41) is 0. The summed E-state index contributed by atoms with van der Waals surface area (Å²) in [4.78, 5) is 16.8. The lowest BCUT2D eigenvalue weighted by Gasteiger charge is -2.14. The van der Waals surface area contributed by atoms with Crippen LogP contribution in [0.1, 0.15) is 37.2 Å². The van der Waals surface area contributed by atoms with Crippen molar-refractivity contribution in [1.82, 2.24) is 9.55 Å². The van der Waals surface area contributed by atoms with Crippen molar-refractivity contribution in [3.8, 4) is 17.1 Å². The van der Waals surface area contributed by atoms with E-state index in [0.717, 1.165) is 11.3 Å². The maximum Gasteiger partial charge on any atom is 0.256 e. The Labute approximate surface area is 141 Å². The van der Waals surface area contributed by atoms with Gasteiger partial charge in [0.05, 0.1) is 5.69 Å². The molecule has 0 saturated heterocycles. The molecular weight excluding hydrogens is 296 g/mol. The molecule has 3 aromatic rings. The summed E-state index contributed by atoms with van der Waals surface area (Å²) in [7, 11) is 0. The fourth-order valence-electron chi connectivity index (χ4n) is 3.62. The van der Waals surface area contributed by atoms with Crippen LogP contribution in [0.25, 0.3) is 17.1 Å². The first-order valence-electron chi connectivity index (χ1n) is 8.57. The van der Waals surface area contributed by atoms with E-state index in [1.807, 2.05) is 30.3 Å². The Kier molecular flexibility index (Phi) is 3.99. The van der Waals surface area contributed by atoms with Gasteiger partial charge in [-0.05, 0) is 48.1 Å². The lowest BCUT2D eigenvalue weighted by molar-refractivity contribution is 0.723. The van der Waals surface area contributed by atoms with Gasteiger partial charge in [0, 0.05) is 12.3 Å². The molecule has 1 fully saturated rings. The van der Waals surface area contributed by atoms with Gasteiger partial charge in [-0.1, -0.05) is 49.2 Å². The van der Waals surface area contributed by atoms with E-state index in [-0.39, 0.29) is 5.56 Å². The third kappa shape index (κ3) is 2.78. The van der Waals surface area contributed by atoms with Crippen molar-refractivity contribution >= 4 is 0 Å². The molecule has 1 aromatic carbocycles. The highest BCUT2D eigenvalue weighted by Crippen LogP contribution is 2.34. The van der Waals surface area contributed by atoms with Crippen molar-refractivity contribution in [3.05, 3.63) is 82.8 Å². The fraction of sp³-hybridized carbons (Fsp3) is 0.238. The smallest absolute Gasteiger partial charge is 0.256 e. The third-order valence-corrected chi connectivity index (χ3v) is 4.87. The summed E-state index contributed by atoms with van der Waals surface area (Å²) in [6, 6.07) is 19.6. The molecular formula is C21H20N2O. The lowest BCUT2D eigenvalue weighted by Crippen LogP contribution is -2.19. The van der Waals surface area contributed by atoms with Crippen LogP contribution in [0.3, 0.4) is 0 Å². The maximum atomic E-state index is 12.4. The van der Waals surface area contributed by atoms with E-state index >= 15 is 0 Å². The molecule has 3 heteroatoms. The van der Waals surface area contributed by atoms with Crippen molar-refractivity contribution < 1.29 is 0 Å². The van der Waals surface area contributed by atoms with Gasteiger partial charge in [0.15, 0.2) is 0 Å². The molecule has 2 heterocycles. The van der Waals surface area contributed by atoms with Crippen LogP contribution in [0.5, 0.6) is 0 Å². The number of benzene rings is 1. The van der Waals surface area contributed by atoms with Crippen LogP contribution in [0.15, 0.2) is 71.7 Å². The average Bonchev–Trinajstić information content (AvgIpc) is 3.17. The highest BCUT2D eigenvalue weighted by atomic mass is 16.1. The molecule has 1 saturated carbocycles. The van der Waals surface area contributed by atoms with E-state index in [9.17, 15) is 4.79 Å². The summed E-state index contributed by atoms with van der Waals surface area (Å²) in [6.07, 6.45) is 6.98. The first-order chi connectivity index (χ1) is 11.8. The second kappa shape index (κ2) is 6.44. The lowest BCUT2D eigenvalue weighted by atomic mass is 9.96. The van der Waals surface area contributed by atoms with Crippen molar-refractivity contribution in [3.63, 3.8) is 0 Å². The van der Waals surface area contributed by atoms with Crippen LogP contribution in [0.4, 0.5) is 0 Å². The second-order valence-corrected chi connectivity index (χ2v) is 6.38. The van der Waals surface area contributed by atoms with Crippen molar-refractivity contribution in [2.75, 3.05) is 0 Å². The van der Waals surface area contributed by atoms with E-state index in [4.69, 9.17) is 0 Å². The Morgan fingerprint density at radius 3 is 2.38 bits per heavy atom. The van der Waals surface area contributed by atoms with Gasteiger partial charge < -0.3 is 0 Å². The Morgan fingerprint density at radius 1 is 0.875 bits per heavy atom. The number of hydrogen-bond donors (Lipinski definition) is 0. The number of pyridine rings is 2. The zero-order valence-electron chi connectivity index (χ0n) is 13.6. The van der Waals surface area contributed by atoms with Crippen LogP contribution in [0, 0.1) is 0 Å². The topological polar surface area (TPSA) is 34.9 Å². The highest BCUT2D eigenvalue weighted by Gasteiger charge is 2.17. The number of aromatic nitrogens is 2. The quantitative estimate of drug-likeness (QED) is 0.710. The molecule has 120 valence electrons. The summed E-state index contributed by atoms with van der Waals surface area (Å²) >= 11 is 0. The van der Waals surface area contributed by atoms with Crippen LogP contribution in [0.2, 0.25) is 0 Å². The molecule has 3 nitrogen and oxygen atoms in total. The maximum absolute atomic E-state index is 12.4. The molecule has 0 N–H and O–H groups in total. The predicted molar refractivity (Wildman–Crippen MR) is 96.5 cm³/mol. The van der Waals surface area contributed by atoms with Gasteiger partial charge in [0.25, 0.3) is 5.56 Å². The molecule has 0 spiro atoms. The Hall–Kier alpha value is -2.68. The van der Waals surface area contributed by atoms with Gasteiger partial charge in [-0.15, -0.1) is 0 Å². The summed E-state index contributed by atoms with van der Waals surface area (Å²) in [5.41, 5.74) is 3.27. The third-order valence-electron chi connectivity index (χ3n) is 4.87. The van der Waals surface area contributed by atoms with Gasteiger partial charge >= 0.3 is 0 Å². The van der Waals surface area contributed by atoms with Gasteiger partial charge in [0.2, 0.25) is 0 Å². The SMILES string of the molecule is O=c1cccc(-c2ccc(C3CCCC3)cc2)n1-c1ccccn1. The van der Waals surface area contributed by atoms with E-state index < -0.39 is 0 Å². The zero-order valence-corrected chi connectivity index (χ0v) is 13.6. The summed E-state index contributed by atoms with van der Waals surface area (Å²) < 4.78 is 1.67. The second-order valence-electron chi connectivity index (χ2n) is 6.38.